The van der Waals surface area contributed by atoms with E-state index in [2.05, 4.69) is 5.32 Å². The Labute approximate surface area is 176 Å². The molecule has 0 radical (unpaired) electrons. The second kappa shape index (κ2) is 12.4. The summed E-state index contributed by atoms with van der Waals surface area (Å²) in [5.41, 5.74) is 10.5. The van der Waals surface area contributed by atoms with Gasteiger partial charge in [0.25, 0.3) is 0 Å². The minimum absolute atomic E-state index is 0.801. The number of rotatable bonds is 13. The zero-order valence-corrected chi connectivity index (χ0v) is 16.8. The van der Waals surface area contributed by atoms with Gasteiger partial charge in [-0.2, -0.15) is 0 Å². The minimum atomic E-state index is -1.87. The van der Waals surface area contributed by atoms with Crippen LogP contribution in [0.5, 0.6) is 0 Å². The Balaban J connectivity index is 5.49. The molecule has 0 saturated heterocycles. The van der Waals surface area contributed by atoms with Crippen LogP contribution in [0.25, 0.3) is 0 Å². The van der Waals surface area contributed by atoms with Crippen molar-refractivity contribution in [2.75, 3.05) is 0 Å². The molecule has 0 aromatic carbocycles. The summed E-state index contributed by atoms with van der Waals surface area (Å²) in [5, 5.41) is 42.8. The number of aliphatic hydroxyl groups excluding tert-OH is 2. The Kier molecular flexibility index (Phi) is 11.1. The molecule has 176 valence electrons. The van der Waals surface area contributed by atoms with Crippen molar-refractivity contribution < 1.29 is 49.2 Å². The van der Waals surface area contributed by atoms with E-state index >= 15 is 0 Å². The van der Waals surface area contributed by atoms with Gasteiger partial charge in [0.05, 0.1) is 25.0 Å². The van der Waals surface area contributed by atoms with Crippen molar-refractivity contribution in [2.24, 2.45) is 11.5 Å². The maximum Gasteiger partial charge on any atom is 0.326 e. The number of carboxylic acid groups (broad SMARTS) is 2. The molecule has 6 unspecified atom stereocenters. The highest BCUT2D eigenvalue weighted by atomic mass is 16.4. The molecule has 6 atom stereocenters. The molecule has 0 aliphatic heterocycles. The van der Waals surface area contributed by atoms with E-state index in [0.29, 0.717) is 0 Å². The van der Waals surface area contributed by atoms with E-state index in [0.717, 1.165) is 6.92 Å². The first-order valence-electron chi connectivity index (χ1n) is 8.93. The number of carbonyl (C=O) groups excluding carboxylic acids is 4. The van der Waals surface area contributed by atoms with Crippen LogP contribution in [-0.2, 0) is 28.8 Å². The van der Waals surface area contributed by atoms with Crippen LogP contribution in [0.1, 0.15) is 26.7 Å². The third kappa shape index (κ3) is 9.83. The summed E-state index contributed by atoms with van der Waals surface area (Å²) >= 11 is 0. The first-order chi connectivity index (χ1) is 14.2. The minimum Gasteiger partial charge on any atom is -0.481 e. The summed E-state index contributed by atoms with van der Waals surface area (Å²) in [6, 6.07) is -6.72. The Morgan fingerprint density at radius 2 is 1.29 bits per heavy atom. The van der Waals surface area contributed by atoms with Gasteiger partial charge in [0, 0.05) is 0 Å². The molecule has 0 heterocycles. The van der Waals surface area contributed by atoms with Gasteiger partial charge in [-0.05, 0) is 13.8 Å². The van der Waals surface area contributed by atoms with Gasteiger partial charge in [-0.15, -0.1) is 0 Å². The highest BCUT2D eigenvalue weighted by Crippen LogP contribution is 2.02. The zero-order chi connectivity index (χ0) is 24.5. The van der Waals surface area contributed by atoms with E-state index in [1.807, 2.05) is 10.6 Å². The maximum atomic E-state index is 12.5. The third-order valence-electron chi connectivity index (χ3n) is 3.92. The van der Waals surface area contributed by atoms with Crippen LogP contribution in [0, 0.1) is 0 Å². The number of amides is 4. The van der Waals surface area contributed by atoms with Crippen LogP contribution < -0.4 is 27.4 Å². The second-order valence-corrected chi connectivity index (χ2v) is 6.72. The molecule has 0 aromatic rings. The molecule has 0 aromatic heterocycles. The lowest BCUT2D eigenvalue weighted by molar-refractivity contribution is -0.147. The van der Waals surface area contributed by atoms with Crippen molar-refractivity contribution in [2.45, 2.75) is 63.1 Å². The molecule has 0 aliphatic carbocycles. The number of hydrogen-bond acceptors (Lipinski definition) is 9. The van der Waals surface area contributed by atoms with E-state index < -0.39 is 84.8 Å². The van der Waals surface area contributed by atoms with Gasteiger partial charge in [0.2, 0.25) is 23.6 Å². The van der Waals surface area contributed by atoms with Crippen molar-refractivity contribution in [1.29, 1.82) is 0 Å². The quantitative estimate of drug-likeness (QED) is 0.128. The molecule has 0 bridgehead atoms. The van der Waals surface area contributed by atoms with Crippen molar-refractivity contribution >= 4 is 35.6 Å². The fourth-order valence-corrected chi connectivity index (χ4v) is 2.19. The van der Waals surface area contributed by atoms with Crippen LogP contribution in [0.4, 0.5) is 0 Å². The van der Waals surface area contributed by atoms with Crippen molar-refractivity contribution in [3.05, 3.63) is 0 Å². The molecule has 0 rings (SSSR count). The van der Waals surface area contributed by atoms with E-state index in [9.17, 15) is 39.0 Å². The van der Waals surface area contributed by atoms with Crippen LogP contribution >= 0.6 is 0 Å². The molecular weight excluding hydrogens is 422 g/mol. The maximum absolute atomic E-state index is 12.5. The van der Waals surface area contributed by atoms with Gasteiger partial charge in [0.1, 0.15) is 24.2 Å². The SMILES string of the molecule is CC(O)C(N)C(=O)NC(C(=O)NC(CC(N)=O)C(=O)NC(CC(=O)O)C(=O)O)C(C)O. The Morgan fingerprint density at radius 3 is 1.68 bits per heavy atom. The third-order valence-corrected chi connectivity index (χ3v) is 3.92. The standard InChI is InChI=1S/C16H27N5O10/c1-5(22)11(18)14(28)21-12(6(2)23)15(29)19-7(3-9(17)24)13(27)20-8(16(30)31)4-10(25)26/h5-8,11-12,22-23H,3-4,18H2,1-2H3,(H2,17,24)(H,19,29)(H,20,27)(H,21,28)(H,25,26)(H,30,31). The number of carbonyl (C=O) groups is 6. The van der Waals surface area contributed by atoms with E-state index in [1.54, 1.807) is 0 Å². The first-order valence-corrected chi connectivity index (χ1v) is 8.93. The predicted octanol–water partition coefficient (Wildman–Crippen LogP) is -5.04. The average molecular weight is 449 g/mol. The molecule has 11 N–H and O–H groups in total. The van der Waals surface area contributed by atoms with Crippen LogP contribution in [0.2, 0.25) is 0 Å². The van der Waals surface area contributed by atoms with Gasteiger partial charge < -0.3 is 47.8 Å². The molecular formula is C16H27N5O10. The number of hydrogen-bond donors (Lipinski definition) is 9. The lowest BCUT2D eigenvalue weighted by Crippen LogP contribution is -2.61. The van der Waals surface area contributed by atoms with E-state index in [-0.39, 0.29) is 0 Å². The highest BCUT2D eigenvalue weighted by molar-refractivity contribution is 5.96. The summed E-state index contributed by atoms with van der Waals surface area (Å²) < 4.78 is 0. The van der Waals surface area contributed by atoms with Crippen LogP contribution in [0.15, 0.2) is 0 Å². The van der Waals surface area contributed by atoms with E-state index in [1.165, 1.54) is 6.92 Å². The summed E-state index contributed by atoms with van der Waals surface area (Å²) in [6.07, 6.45) is -4.58. The van der Waals surface area contributed by atoms with E-state index in [4.69, 9.17) is 21.7 Å². The molecule has 0 fully saturated rings. The number of aliphatic carboxylic acids is 2. The average Bonchev–Trinajstić information content (AvgIpc) is 2.62. The normalized spacial score (nSPS) is 16.5. The number of carboxylic acids is 2. The first kappa shape index (κ1) is 27.7. The molecule has 0 spiro atoms. The second-order valence-electron chi connectivity index (χ2n) is 6.72. The number of primary amides is 1. The van der Waals surface area contributed by atoms with Gasteiger partial charge in [-0.25, -0.2) is 4.79 Å². The van der Waals surface area contributed by atoms with Crippen molar-refractivity contribution in [3.8, 4) is 0 Å². The van der Waals surface area contributed by atoms with Crippen LogP contribution in [0.3, 0.4) is 0 Å². The number of nitrogens with two attached hydrogens (primary N) is 2. The Hall–Kier alpha value is -3.30. The molecule has 0 aliphatic rings. The molecule has 0 saturated carbocycles. The fourth-order valence-electron chi connectivity index (χ4n) is 2.19. The molecule has 31 heavy (non-hydrogen) atoms. The zero-order valence-electron chi connectivity index (χ0n) is 16.8. The Morgan fingerprint density at radius 1 is 0.774 bits per heavy atom. The predicted molar refractivity (Wildman–Crippen MR) is 101 cm³/mol. The van der Waals surface area contributed by atoms with Gasteiger partial charge in [0.15, 0.2) is 0 Å². The lowest BCUT2D eigenvalue weighted by Gasteiger charge is -2.26. The lowest BCUT2D eigenvalue weighted by atomic mass is 10.1. The van der Waals surface area contributed by atoms with Gasteiger partial charge >= 0.3 is 11.9 Å². The number of aliphatic hydroxyl groups is 2. The fraction of sp³-hybridized carbons (Fsp3) is 0.625. The van der Waals surface area contributed by atoms with Gasteiger partial charge in [-0.3, -0.25) is 24.0 Å². The monoisotopic (exact) mass is 449 g/mol. The van der Waals surface area contributed by atoms with Gasteiger partial charge in [-0.1, -0.05) is 0 Å². The molecule has 4 amide bonds. The smallest absolute Gasteiger partial charge is 0.326 e. The Bertz CT molecular complexity index is 711. The summed E-state index contributed by atoms with van der Waals surface area (Å²) in [6.45, 7) is 2.33. The molecule has 15 heteroatoms. The summed E-state index contributed by atoms with van der Waals surface area (Å²) in [5.74, 6) is -7.68. The van der Waals surface area contributed by atoms with Crippen LogP contribution in [-0.4, -0.2) is 92.4 Å². The summed E-state index contributed by atoms with van der Waals surface area (Å²) in [4.78, 5) is 69.9. The van der Waals surface area contributed by atoms with Crippen molar-refractivity contribution in [1.82, 2.24) is 16.0 Å². The topological polar surface area (TPSA) is 271 Å². The molecule has 15 nitrogen and oxygen atoms in total. The van der Waals surface area contributed by atoms with Crippen molar-refractivity contribution in [3.63, 3.8) is 0 Å². The largest absolute Gasteiger partial charge is 0.481 e. The number of nitrogens with one attached hydrogen (secondary N) is 3. The highest BCUT2D eigenvalue weighted by Gasteiger charge is 2.34. The summed E-state index contributed by atoms with van der Waals surface area (Å²) in [7, 11) is 0.